The van der Waals surface area contributed by atoms with Crippen LogP contribution in [0.25, 0.3) is 0 Å². The second-order valence-electron chi connectivity index (χ2n) is 1.26. The molecule has 0 aliphatic carbocycles. The summed E-state index contributed by atoms with van der Waals surface area (Å²) >= 11 is 3.95. The molecular formula is C2ClF3O4S. The fourth-order valence-electron chi connectivity index (χ4n) is 0.138. The molecule has 0 atom stereocenters. The van der Waals surface area contributed by atoms with Gasteiger partial charge in [-0.1, -0.05) is 3.89 Å². The van der Waals surface area contributed by atoms with Crippen molar-refractivity contribution in [3.63, 3.8) is 0 Å². The standard InChI is InChI=1S/C2ClF3O4S/c3-2(4,5)1(7)10-11(6,8)9. The van der Waals surface area contributed by atoms with Gasteiger partial charge in [-0.05, 0) is 11.6 Å². The Morgan fingerprint density at radius 2 is 1.82 bits per heavy atom. The molecule has 0 fully saturated rings. The molecule has 9 heteroatoms. The van der Waals surface area contributed by atoms with Gasteiger partial charge >= 0.3 is 21.9 Å². The Kier molecular flexibility index (Phi) is 2.73. The zero-order valence-corrected chi connectivity index (χ0v) is 6.13. The third-order valence-electron chi connectivity index (χ3n) is 0.407. The van der Waals surface area contributed by atoms with E-state index >= 15 is 0 Å². The first-order valence-electron chi connectivity index (χ1n) is 1.88. The van der Waals surface area contributed by atoms with Crippen LogP contribution < -0.4 is 0 Å². The second-order valence-corrected chi connectivity index (χ2v) is 2.69. The number of carbonyl (C=O) groups is 1. The Morgan fingerprint density at radius 3 is 1.91 bits per heavy atom. The van der Waals surface area contributed by atoms with E-state index in [4.69, 9.17) is 0 Å². The van der Waals surface area contributed by atoms with Crippen molar-refractivity contribution in [2.24, 2.45) is 0 Å². The van der Waals surface area contributed by atoms with Crippen LogP contribution in [0.2, 0.25) is 0 Å². The summed E-state index contributed by atoms with van der Waals surface area (Å²) in [5.74, 6) is -2.68. The van der Waals surface area contributed by atoms with Crippen LogP contribution in [-0.2, 0) is 19.5 Å². The molecule has 0 saturated heterocycles. The first-order chi connectivity index (χ1) is 4.63. The third-order valence-corrected chi connectivity index (χ3v) is 0.911. The highest BCUT2D eigenvalue weighted by atomic mass is 35.5. The topological polar surface area (TPSA) is 60.4 Å². The van der Waals surface area contributed by atoms with Crippen molar-refractivity contribution in [1.29, 1.82) is 0 Å². The van der Waals surface area contributed by atoms with Gasteiger partial charge in [0.05, 0.1) is 0 Å². The maximum atomic E-state index is 11.5. The summed E-state index contributed by atoms with van der Waals surface area (Å²) in [7, 11) is -5.72. The third kappa shape index (κ3) is 4.85. The van der Waals surface area contributed by atoms with Gasteiger partial charge in [-0.25, -0.2) is 4.79 Å². The van der Waals surface area contributed by atoms with Gasteiger partial charge in [0.15, 0.2) is 0 Å². The molecule has 66 valence electrons. The van der Waals surface area contributed by atoms with Gasteiger partial charge in [0.25, 0.3) is 0 Å². The minimum atomic E-state index is -5.72. The number of halogens is 4. The Bertz CT molecular complexity index is 253. The molecule has 0 aromatic rings. The summed E-state index contributed by atoms with van der Waals surface area (Å²) in [5.41, 5.74) is 0. The van der Waals surface area contributed by atoms with Crippen LogP contribution in [0.15, 0.2) is 0 Å². The molecule has 0 rings (SSSR count). The highest BCUT2D eigenvalue weighted by Crippen LogP contribution is 2.21. The maximum absolute atomic E-state index is 11.5. The molecule has 0 aliphatic rings. The van der Waals surface area contributed by atoms with Crippen LogP contribution in [0.3, 0.4) is 0 Å². The fourth-order valence-corrected chi connectivity index (χ4v) is 0.507. The lowest BCUT2D eigenvalue weighted by atomic mass is 10.7. The lowest BCUT2D eigenvalue weighted by Crippen LogP contribution is -2.25. The monoisotopic (exact) mass is 212 g/mol. The molecule has 0 unspecified atom stereocenters. The number of alkyl halides is 3. The van der Waals surface area contributed by atoms with Crippen LogP contribution in [0.4, 0.5) is 12.7 Å². The maximum Gasteiger partial charge on any atom is 0.491 e. The van der Waals surface area contributed by atoms with Gasteiger partial charge in [-0.15, -0.1) is 0 Å². The number of hydrogen-bond acceptors (Lipinski definition) is 4. The lowest BCUT2D eigenvalue weighted by molar-refractivity contribution is -0.150. The highest BCUT2D eigenvalue weighted by Gasteiger charge is 2.41. The number of rotatable bonds is 2. The molecule has 0 heterocycles. The zero-order valence-electron chi connectivity index (χ0n) is 4.55. The Hall–Kier alpha value is -0.500. The van der Waals surface area contributed by atoms with Crippen LogP contribution in [0.5, 0.6) is 0 Å². The van der Waals surface area contributed by atoms with E-state index in [-0.39, 0.29) is 0 Å². The van der Waals surface area contributed by atoms with Gasteiger partial charge in [0.1, 0.15) is 0 Å². The van der Waals surface area contributed by atoms with Crippen molar-refractivity contribution >= 4 is 28.1 Å². The first kappa shape index (κ1) is 10.5. The van der Waals surface area contributed by atoms with Crippen molar-refractivity contribution < 1.29 is 30.1 Å². The average Bonchev–Trinajstić information content (AvgIpc) is 1.56. The fraction of sp³-hybridized carbons (Fsp3) is 0.500. The molecule has 0 aromatic heterocycles. The lowest BCUT2D eigenvalue weighted by Gasteiger charge is -2.02. The summed E-state index contributed by atoms with van der Waals surface area (Å²) in [5, 5.41) is -4.54. The Balaban J connectivity index is 4.35. The molecule has 0 N–H and O–H groups in total. The van der Waals surface area contributed by atoms with E-state index in [0.717, 1.165) is 0 Å². The average molecular weight is 213 g/mol. The van der Waals surface area contributed by atoms with Gasteiger partial charge in [-0.3, -0.25) is 0 Å². The van der Waals surface area contributed by atoms with E-state index in [1.807, 2.05) is 0 Å². The predicted octanol–water partition coefficient (Wildman–Crippen LogP) is 0.576. The van der Waals surface area contributed by atoms with Crippen molar-refractivity contribution in [2.75, 3.05) is 0 Å². The normalized spacial score (nSPS) is 12.7. The molecule has 11 heavy (non-hydrogen) atoms. The Morgan fingerprint density at radius 1 is 1.45 bits per heavy atom. The second kappa shape index (κ2) is 2.86. The van der Waals surface area contributed by atoms with Crippen molar-refractivity contribution in [2.45, 2.75) is 5.38 Å². The van der Waals surface area contributed by atoms with Crippen molar-refractivity contribution in [3.8, 4) is 0 Å². The quantitative estimate of drug-likeness (QED) is 0.496. The van der Waals surface area contributed by atoms with Gasteiger partial charge in [0, 0.05) is 0 Å². The van der Waals surface area contributed by atoms with Crippen LogP contribution in [-0.4, -0.2) is 19.8 Å². The predicted molar refractivity (Wildman–Crippen MR) is 26.9 cm³/mol. The molecular weight excluding hydrogens is 213 g/mol. The molecule has 0 amide bonds. The largest absolute Gasteiger partial charge is 0.491 e. The Labute approximate surface area is 64.3 Å². The summed E-state index contributed by atoms with van der Waals surface area (Å²) in [6.07, 6.45) is 0. The molecule has 0 saturated carbocycles. The van der Waals surface area contributed by atoms with Crippen molar-refractivity contribution in [3.05, 3.63) is 0 Å². The molecule has 0 spiro atoms. The van der Waals surface area contributed by atoms with E-state index in [1.54, 1.807) is 0 Å². The SMILES string of the molecule is O=C(OS(=O)(=O)F)C(F)(F)Cl. The van der Waals surface area contributed by atoms with Gasteiger partial charge in [0.2, 0.25) is 0 Å². The molecule has 0 aromatic carbocycles. The van der Waals surface area contributed by atoms with Crippen molar-refractivity contribution in [1.82, 2.24) is 0 Å². The minimum Gasteiger partial charge on any atom is -0.314 e. The van der Waals surface area contributed by atoms with Gasteiger partial charge < -0.3 is 4.18 Å². The first-order valence-corrected chi connectivity index (χ1v) is 3.57. The van der Waals surface area contributed by atoms with Crippen LogP contribution >= 0.6 is 11.6 Å². The molecule has 4 nitrogen and oxygen atoms in total. The van der Waals surface area contributed by atoms with E-state index in [1.165, 1.54) is 0 Å². The van der Waals surface area contributed by atoms with E-state index < -0.39 is 21.9 Å². The number of carbonyl (C=O) groups excluding carboxylic acids is 1. The van der Waals surface area contributed by atoms with E-state index in [0.29, 0.717) is 0 Å². The van der Waals surface area contributed by atoms with Crippen LogP contribution in [0.1, 0.15) is 0 Å². The highest BCUT2D eigenvalue weighted by molar-refractivity contribution is 7.81. The zero-order chi connectivity index (χ0) is 9.28. The van der Waals surface area contributed by atoms with E-state index in [2.05, 4.69) is 15.8 Å². The summed E-state index contributed by atoms with van der Waals surface area (Å²) < 4.78 is 55.7. The summed E-state index contributed by atoms with van der Waals surface area (Å²) in [6, 6.07) is 0. The molecule has 0 bridgehead atoms. The van der Waals surface area contributed by atoms with Gasteiger partial charge in [-0.2, -0.15) is 17.2 Å². The molecule has 0 radical (unpaired) electrons. The molecule has 0 aliphatic heterocycles. The summed E-state index contributed by atoms with van der Waals surface area (Å²) in [6.45, 7) is 0. The number of hydrogen-bond donors (Lipinski definition) is 0. The van der Waals surface area contributed by atoms with Crippen LogP contribution in [0, 0.1) is 0 Å². The smallest absolute Gasteiger partial charge is 0.314 e. The summed E-state index contributed by atoms with van der Waals surface area (Å²) in [4.78, 5) is 9.76. The van der Waals surface area contributed by atoms with E-state index in [9.17, 15) is 25.9 Å². The minimum absolute atomic E-state index is 2.59.